The zero-order valence-electron chi connectivity index (χ0n) is 7.53. The number of hydrogen-bond acceptors (Lipinski definition) is 3. The highest BCUT2D eigenvalue weighted by Gasteiger charge is 2.55. The molecule has 1 aliphatic heterocycles. The molecule has 0 aromatic rings. The third-order valence-electron chi connectivity index (χ3n) is 3.51. The molecule has 3 atom stereocenters. The molecule has 0 bridgehead atoms. The van der Waals surface area contributed by atoms with Gasteiger partial charge in [0.05, 0.1) is 6.42 Å². The molecule has 0 aromatic carbocycles. The number of carboxylic acids is 1. The number of thioether (sulfide) groups is 1. The standard InChI is InChI=1S/C9H15NO2S/c10-5-9(4-8(11)12)3-7-6(9)1-2-13-7/h6-7H,1-5,10H2,(H,11,12)/t6?,7-,9-/m1/s1. The Morgan fingerprint density at radius 2 is 2.46 bits per heavy atom. The van der Waals surface area contributed by atoms with Gasteiger partial charge in [0.2, 0.25) is 0 Å². The van der Waals surface area contributed by atoms with Crippen molar-refractivity contribution in [2.24, 2.45) is 17.1 Å². The summed E-state index contributed by atoms with van der Waals surface area (Å²) in [5, 5.41) is 9.51. The van der Waals surface area contributed by atoms with Crippen molar-refractivity contribution in [1.82, 2.24) is 0 Å². The van der Waals surface area contributed by atoms with Crippen molar-refractivity contribution in [3.8, 4) is 0 Å². The fourth-order valence-corrected chi connectivity index (χ4v) is 4.55. The summed E-state index contributed by atoms with van der Waals surface area (Å²) in [4.78, 5) is 10.7. The second-order valence-corrected chi connectivity index (χ2v) is 5.49. The SMILES string of the molecule is NC[C@]1(CC(=O)O)C[C@H]2SCCC21. The molecule has 2 aliphatic rings. The molecule has 3 nitrogen and oxygen atoms in total. The Morgan fingerprint density at radius 1 is 1.69 bits per heavy atom. The van der Waals surface area contributed by atoms with Crippen molar-refractivity contribution in [1.29, 1.82) is 0 Å². The first-order valence-corrected chi connectivity index (χ1v) is 5.76. The van der Waals surface area contributed by atoms with Gasteiger partial charge in [-0.05, 0) is 36.5 Å². The van der Waals surface area contributed by atoms with E-state index < -0.39 is 5.97 Å². The number of fused-ring (bicyclic) bond motifs is 1. The molecule has 1 heterocycles. The summed E-state index contributed by atoms with van der Waals surface area (Å²) in [5.74, 6) is 1.08. The predicted molar refractivity (Wildman–Crippen MR) is 52.7 cm³/mol. The number of hydrogen-bond donors (Lipinski definition) is 2. The van der Waals surface area contributed by atoms with Gasteiger partial charge in [0.15, 0.2) is 0 Å². The minimum atomic E-state index is -0.694. The second-order valence-electron chi connectivity index (χ2n) is 4.15. The number of nitrogens with two attached hydrogens (primary N) is 1. The lowest BCUT2D eigenvalue weighted by molar-refractivity contribution is -0.142. The number of carboxylic acid groups (broad SMARTS) is 1. The highest BCUT2D eigenvalue weighted by molar-refractivity contribution is 8.00. The lowest BCUT2D eigenvalue weighted by Crippen LogP contribution is -2.53. The highest BCUT2D eigenvalue weighted by Crippen LogP contribution is 2.59. The van der Waals surface area contributed by atoms with E-state index in [0.29, 0.717) is 17.7 Å². The molecular weight excluding hydrogens is 186 g/mol. The minimum Gasteiger partial charge on any atom is -0.481 e. The van der Waals surface area contributed by atoms with E-state index in [-0.39, 0.29) is 11.8 Å². The highest BCUT2D eigenvalue weighted by atomic mass is 32.2. The number of carbonyl (C=O) groups is 1. The van der Waals surface area contributed by atoms with Gasteiger partial charge in [0.1, 0.15) is 0 Å². The maximum Gasteiger partial charge on any atom is 0.303 e. The Kier molecular flexibility index (Phi) is 2.28. The molecule has 4 heteroatoms. The fraction of sp³-hybridized carbons (Fsp3) is 0.889. The lowest BCUT2D eigenvalue weighted by atomic mass is 9.57. The van der Waals surface area contributed by atoms with E-state index in [2.05, 4.69) is 0 Å². The lowest BCUT2D eigenvalue weighted by Gasteiger charge is -2.51. The predicted octanol–water partition coefficient (Wildman–Crippen LogP) is 0.932. The van der Waals surface area contributed by atoms with Crippen molar-refractivity contribution in [2.75, 3.05) is 12.3 Å². The van der Waals surface area contributed by atoms with Gasteiger partial charge >= 0.3 is 5.97 Å². The molecule has 1 saturated heterocycles. The smallest absolute Gasteiger partial charge is 0.303 e. The fourth-order valence-electron chi connectivity index (χ4n) is 2.75. The van der Waals surface area contributed by atoms with E-state index in [1.165, 1.54) is 12.2 Å². The van der Waals surface area contributed by atoms with Crippen molar-refractivity contribution in [2.45, 2.75) is 24.5 Å². The number of aliphatic carboxylic acids is 1. The van der Waals surface area contributed by atoms with Crippen molar-refractivity contribution < 1.29 is 9.90 Å². The van der Waals surface area contributed by atoms with Crippen LogP contribution in [0.5, 0.6) is 0 Å². The molecule has 0 amide bonds. The van der Waals surface area contributed by atoms with Crippen LogP contribution in [0.25, 0.3) is 0 Å². The second kappa shape index (κ2) is 3.17. The maximum absolute atomic E-state index is 10.7. The summed E-state index contributed by atoms with van der Waals surface area (Å²) in [6.07, 6.45) is 2.45. The van der Waals surface area contributed by atoms with Crippen molar-refractivity contribution >= 4 is 17.7 Å². The molecule has 13 heavy (non-hydrogen) atoms. The van der Waals surface area contributed by atoms with Crippen molar-refractivity contribution in [3.05, 3.63) is 0 Å². The van der Waals surface area contributed by atoms with Crippen LogP contribution < -0.4 is 5.73 Å². The largest absolute Gasteiger partial charge is 0.481 e. The average Bonchev–Trinajstić information content (AvgIpc) is 2.43. The molecule has 0 aromatic heterocycles. The summed E-state index contributed by atoms with van der Waals surface area (Å²) >= 11 is 1.99. The van der Waals surface area contributed by atoms with Gasteiger partial charge in [-0.1, -0.05) is 0 Å². The van der Waals surface area contributed by atoms with Crippen LogP contribution in [0.1, 0.15) is 19.3 Å². The van der Waals surface area contributed by atoms with Gasteiger partial charge in [-0.15, -0.1) is 0 Å². The molecule has 1 aliphatic carbocycles. The van der Waals surface area contributed by atoms with Gasteiger partial charge in [-0.3, -0.25) is 4.79 Å². The molecule has 0 radical (unpaired) electrons. The Hall–Kier alpha value is -0.220. The van der Waals surface area contributed by atoms with Gasteiger partial charge in [0.25, 0.3) is 0 Å². The van der Waals surface area contributed by atoms with Gasteiger partial charge in [0, 0.05) is 5.25 Å². The van der Waals surface area contributed by atoms with Gasteiger partial charge in [-0.25, -0.2) is 0 Å². The Labute approximate surface area is 82.1 Å². The molecule has 1 saturated carbocycles. The van der Waals surface area contributed by atoms with Gasteiger partial charge < -0.3 is 10.8 Å². The third-order valence-corrected chi connectivity index (χ3v) is 4.91. The summed E-state index contributed by atoms with van der Waals surface area (Å²) in [6.45, 7) is 0.543. The molecule has 1 unspecified atom stereocenters. The van der Waals surface area contributed by atoms with E-state index in [4.69, 9.17) is 10.8 Å². The first kappa shape index (κ1) is 9.34. The average molecular weight is 201 g/mol. The maximum atomic E-state index is 10.7. The van der Waals surface area contributed by atoms with Crippen LogP contribution in [0.2, 0.25) is 0 Å². The summed E-state index contributed by atoms with van der Waals surface area (Å²) in [7, 11) is 0. The third kappa shape index (κ3) is 1.36. The molecule has 3 N–H and O–H groups in total. The zero-order valence-corrected chi connectivity index (χ0v) is 8.35. The van der Waals surface area contributed by atoms with Crippen LogP contribution in [0.15, 0.2) is 0 Å². The normalized spacial score (nSPS) is 42.5. The quantitative estimate of drug-likeness (QED) is 0.713. The summed E-state index contributed by atoms with van der Waals surface area (Å²) in [6, 6.07) is 0. The Morgan fingerprint density at radius 3 is 3.00 bits per heavy atom. The monoisotopic (exact) mass is 201 g/mol. The van der Waals surface area contributed by atoms with Crippen LogP contribution in [-0.2, 0) is 4.79 Å². The molecule has 2 fully saturated rings. The van der Waals surface area contributed by atoms with Crippen LogP contribution in [0.3, 0.4) is 0 Å². The Bertz CT molecular complexity index is 234. The van der Waals surface area contributed by atoms with E-state index in [0.717, 1.165) is 6.42 Å². The van der Waals surface area contributed by atoms with Crippen molar-refractivity contribution in [3.63, 3.8) is 0 Å². The minimum absolute atomic E-state index is 0.0556. The van der Waals surface area contributed by atoms with E-state index in [9.17, 15) is 4.79 Å². The summed E-state index contributed by atoms with van der Waals surface area (Å²) < 4.78 is 0. The van der Waals surface area contributed by atoms with Crippen LogP contribution in [0, 0.1) is 11.3 Å². The van der Waals surface area contributed by atoms with Crippen LogP contribution in [0.4, 0.5) is 0 Å². The molecule has 2 rings (SSSR count). The number of rotatable bonds is 3. The van der Waals surface area contributed by atoms with Crippen LogP contribution >= 0.6 is 11.8 Å². The Balaban J connectivity index is 2.05. The topological polar surface area (TPSA) is 63.3 Å². The zero-order chi connectivity index (χ0) is 9.47. The molecule has 0 spiro atoms. The first-order valence-electron chi connectivity index (χ1n) is 4.71. The first-order chi connectivity index (χ1) is 6.18. The molecular formula is C9H15NO2S. The van der Waals surface area contributed by atoms with E-state index >= 15 is 0 Å². The van der Waals surface area contributed by atoms with E-state index in [1.807, 2.05) is 11.8 Å². The van der Waals surface area contributed by atoms with E-state index in [1.54, 1.807) is 0 Å². The van der Waals surface area contributed by atoms with Crippen LogP contribution in [-0.4, -0.2) is 28.6 Å². The summed E-state index contributed by atoms with van der Waals surface area (Å²) in [5.41, 5.74) is 5.64. The molecule has 74 valence electrons. The van der Waals surface area contributed by atoms with Gasteiger partial charge in [-0.2, -0.15) is 11.8 Å².